The van der Waals surface area contributed by atoms with Crippen molar-refractivity contribution in [3.8, 4) is 5.75 Å². The second kappa shape index (κ2) is 4.81. The van der Waals surface area contributed by atoms with E-state index < -0.39 is 6.03 Å². The molecule has 1 fully saturated rings. The molecule has 0 unspecified atom stereocenters. The molecule has 1 aromatic rings. The number of hydrogen-bond acceptors (Lipinski definition) is 3. The number of halogens is 1. The first-order valence-electron chi connectivity index (χ1n) is 5.36. The molecule has 94 valence electrons. The highest BCUT2D eigenvalue weighted by Gasteiger charge is 2.31. The summed E-state index contributed by atoms with van der Waals surface area (Å²) < 4.78 is 0.529. The molecular formula is C12H11BrN2O3. The summed E-state index contributed by atoms with van der Waals surface area (Å²) in [6.07, 6.45) is 1.57. The molecule has 5 nitrogen and oxygen atoms in total. The second-order valence-electron chi connectivity index (χ2n) is 3.75. The van der Waals surface area contributed by atoms with Gasteiger partial charge in [0.1, 0.15) is 11.4 Å². The van der Waals surface area contributed by atoms with Crippen LogP contribution in [0.1, 0.15) is 12.5 Å². The summed E-state index contributed by atoms with van der Waals surface area (Å²) in [4.78, 5) is 24.4. The van der Waals surface area contributed by atoms with Gasteiger partial charge in [-0.1, -0.05) is 6.07 Å². The number of carbonyl (C=O) groups is 2. The summed E-state index contributed by atoms with van der Waals surface area (Å²) in [6, 6.07) is 4.42. The van der Waals surface area contributed by atoms with Crippen molar-refractivity contribution in [3.05, 3.63) is 33.9 Å². The van der Waals surface area contributed by atoms with E-state index in [1.54, 1.807) is 25.1 Å². The maximum absolute atomic E-state index is 11.8. The number of amides is 3. The number of nitrogens with one attached hydrogen (secondary N) is 1. The van der Waals surface area contributed by atoms with Crippen LogP contribution in [0.15, 0.2) is 28.4 Å². The topological polar surface area (TPSA) is 69.6 Å². The number of imide groups is 1. The van der Waals surface area contributed by atoms with Crippen molar-refractivity contribution in [2.75, 3.05) is 6.54 Å². The standard InChI is InChI=1S/C12H11BrN2O3/c1-2-15-11(17)9(14-12(15)18)6-7-3-4-10(16)8(13)5-7/h3-6,16H,2H2,1H3,(H,14,18). The van der Waals surface area contributed by atoms with Gasteiger partial charge < -0.3 is 10.4 Å². The van der Waals surface area contributed by atoms with Crippen LogP contribution in [0.25, 0.3) is 6.08 Å². The molecule has 0 spiro atoms. The molecule has 1 saturated heterocycles. The van der Waals surface area contributed by atoms with E-state index in [0.29, 0.717) is 16.6 Å². The Labute approximate surface area is 112 Å². The monoisotopic (exact) mass is 310 g/mol. The highest BCUT2D eigenvalue weighted by molar-refractivity contribution is 9.10. The zero-order valence-electron chi connectivity index (χ0n) is 9.61. The number of phenols is 1. The van der Waals surface area contributed by atoms with Crippen molar-refractivity contribution in [2.24, 2.45) is 0 Å². The van der Waals surface area contributed by atoms with Crippen LogP contribution >= 0.6 is 15.9 Å². The molecule has 0 aliphatic carbocycles. The van der Waals surface area contributed by atoms with Crippen molar-refractivity contribution in [3.63, 3.8) is 0 Å². The minimum absolute atomic E-state index is 0.120. The molecule has 18 heavy (non-hydrogen) atoms. The van der Waals surface area contributed by atoms with E-state index >= 15 is 0 Å². The molecule has 2 rings (SSSR count). The van der Waals surface area contributed by atoms with Gasteiger partial charge >= 0.3 is 6.03 Å². The second-order valence-corrected chi connectivity index (χ2v) is 4.60. The lowest BCUT2D eigenvalue weighted by atomic mass is 10.2. The van der Waals surface area contributed by atoms with E-state index in [4.69, 9.17) is 0 Å². The maximum Gasteiger partial charge on any atom is 0.328 e. The molecule has 0 bridgehead atoms. The molecule has 2 N–H and O–H groups in total. The predicted octanol–water partition coefficient (Wildman–Crippen LogP) is 2.07. The fourth-order valence-corrected chi connectivity index (χ4v) is 2.03. The van der Waals surface area contributed by atoms with Crippen LogP contribution in [0, 0.1) is 0 Å². The number of rotatable bonds is 2. The van der Waals surface area contributed by atoms with Gasteiger partial charge in [0.25, 0.3) is 5.91 Å². The fraction of sp³-hybridized carbons (Fsp3) is 0.167. The van der Waals surface area contributed by atoms with Crippen molar-refractivity contribution >= 4 is 33.9 Å². The third-order valence-corrected chi connectivity index (χ3v) is 3.20. The van der Waals surface area contributed by atoms with E-state index in [2.05, 4.69) is 21.2 Å². The number of likely N-dealkylation sites (N-methyl/N-ethyl adjacent to an activating group) is 1. The van der Waals surface area contributed by atoms with Crippen molar-refractivity contribution in [1.29, 1.82) is 0 Å². The lowest BCUT2D eigenvalue weighted by molar-refractivity contribution is -0.122. The largest absolute Gasteiger partial charge is 0.507 e. The molecule has 0 saturated carbocycles. The Morgan fingerprint density at radius 3 is 2.72 bits per heavy atom. The van der Waals surface area contributed by atoms with Crippen LogP contribution in [0.3, 0.4) is 0 Å². The smallest absolute Gasteiger partial charge is 0.328 e. The van der Waals surface area contributed by atoms with Gasteiger partial charge in [-0.05, 0) is 46.6 Å². The zero-order chi connectivity index (χ0) is 13.3. The van der Waals surface area contributed by atoms with Crippen LogP contribution in [0.5, 0.6) is 5.75 Å². The van der Waals surface area contributed by atoms with Gasteiger partial charge in [-0.15, -0.1) is 0 Å². The molecule has 1 aromatic carbocycles. The van der Waals surface area contributed by atoms with E-state index in [1.807, 2.05) is 0 Å². The van der Waals surface area contributed by atoms with Crippen LogP contribution in [-0.4, -0.2) is 28.5 Å². The van der Waals surface area contributed by atoms with Crippen molar-refractivity contribution in [2.45, 2.75) is 6.92 Å². The number of aromatic hydroxyl groups is 1. The van der Waals surface area contributed by atoms with Gasteiger partial charge in [-0.3, -0.25) is 9.69 Å². The highest BCUT2D eigenvalue weighted by atomic mass is 79.9. The number of hydrogen-bond donors (Lipinski definition) is 2. The summed E-state index contributed by atoms with van der Waals surface area (Å²) in [7, 11) is 0. The van der Waals surface area contributed by atoms with Crippen LogP contribution in [-0.2, 0) is 4.79 Å². The Hall–Kier alpha value is -1.82. The Morgan fingerprint density at radius 1 is 1.44 bits per heavy atom. The SMILES string of the molecule is CCN1C(=O)NC(=Cc2ccc(O)c(Br)c2)C1=O. The third-order valence-electron chi connectivity index (χ3n) is 2.56. The number of carbonyl (C=O) groups excluding carboxylic acids is 2. The molecule has 0 atom stereocenters. The summed E-state index contributed by atoms with van der Waals surface area (Å²) in [6.45, 7) is 2.07. The minimum atomic E-state index is -0.411. The Bertz CT molecular complexity index is 554. The fourth-order valence-electron chi connectivity index (χ4n) is 1.64. The molecule has 0 aromatic heterocycles. The first-order valence-corrected chi connectivity index (χ1v) is 6.15. The van der Waals surface area contributed by atoms with E-state index in [1.165, 1.54) is 6.07 Å². The van der Waals surface area contributed by atoms with Crippen LogP contribution in [0.2, 0.25) is 0 Å². The average molecular weight is 311 g/mol. The van der Waals surface area contributed by atoms with Gasteiger partial charge in [-0.25, -0.2) is 4.79 Å². The lowest BCUT2D eigenvalue weighted by Crippen LogP contribution is -2.30. The molecule has 1 heterocycles. The molecular weight excluding hydrogens is 300 g/mol. The number of phenolic OH excluding ortho intramolecular Hbond substituents is 1. The van der Waals surface area contributed by atoms with Crippen molar-refractivity contribution < 1.29 is 14.7 Å². The molecule has 1 aliphatic heterocycles. The number of nitrogens with zero attached hydrogens (tertiary/aromatic N) is 1. The van der Waals surface area contributed by atoms with E-state index in [-0.39, 0.29) is 17.4 Å². The van der Waals surface area contributed by atoms with Crippen molar-refractivity contribution in [1.82, 2.24) is 10.2 Å². The summed E-state index contributed by atoms with van der Waals surface area (Å²) >= 11 is 3.19. The van der Waals surface area contributed by atoms with E-state index in [0.717, 1.165) is 4.90 Å². The van der Waals surface area contributed by atoms with Crippen LogP contribution < -0.4 is 5.32 Å². The summed E-state index contributed by atoms with van der Waals surface area (Å²) in [5.41, 5.74) is 0.945. The lowest BCUT2D eigenvalue weighted by Gasteiger charge is -2.06. The minimum Gasteiger partial charge on any atom is -0.507 e. The average Bonchev–Trinajstić information content (AvgIpc) is 2.59. The Kier molecular flexibility index (Phi) is 3.38. The highest BCUT2D eigenvalue weighted by Crippen LogP contribution is 2.25. The van der Waals surface area contributed by atoms with Gasteiger partial charge in [-0.2, -0.15) is 0 Å². The predicted molar refractivity (Wildman–Crippen MR) is 69.7 cm³/mol. The first-order chi connectivity index (χ1) is 8.52. The molecule has 0 radical (unpaired) electrons. The normalized spacial score (nSPS) is 17.4. The zero-order valence-corrected chi connectivity index (χ0v) is 11.2. The third kappa shape index (κ3) is 2.24. The van der Waals surface area contributed by atoms with Gasteiger partial charge in [0.2, 0.25) is 0 Å². The number of urea groups is 1. The van der Waals surface area contributed by atoms with Gasteiger partial charge in [0, 0.05) is 6.54 Å². The Balaban J connectivity index is 2.32. The Morgan fingerprint density at radius 2 is 2.17 bits per heavy atom. The van der Waals surface area contributed by atoms with Gasteiger partial charge in [0.15, 0.2) is 0 Å². The maximum atomic E-state index is 11.8. The molecule has 6 heteroatoms. The summed E-state index contributed by atoms with van der Waals surface area (Å²) in [5.74, 6) is -0.221. The van der Waals surface area contributed by atoms with E-state index in [9.17, 15) is 14.7 Å². The quantitative estimate of drug-likeness (QED) is 0.649. The summed E-state index contributed by atoms with van der Waals surface area (Å²) in [5, 5.41) is 11.9. The first kappa shape index (κ1) is 12.6. The molecule has 3 amide bonds. The molecule has 1 aliphatic rings. The van der Waals surface area contributed by atoms with Crippen LogP contribution in [0.4, 0.5) is 4.79 Å². The number of benzene rings is 1. The van der Waals surface area contributed by atoms with Gasteiger partial charge in [0.05, 0.1) is 4.47 Å².